The number of aliphatic hydroxyl groups is 1. The Kier molecular flexibility index (Phi) is 8.55. The first-order chi connectivity index (χ1) is 10.8. The molecule has 0 radical (unpaired) electrons. The molecule has 1 aliphatic carbocycles. The minimum absolute atomic E-state index is 0.0229. The number of aliphatic hydroxyl groups excluding tert-OH is 1. The van der Waals surface area contributed by atoms with Crippen LogP contribution in [-0.4, -0.2) is 48.4 Å². The first-order valence-corrected chi connectivity index (χ1v) is 8.62. The molecule has 0 aromatic carbocycles. The van der Waals surface area contributed by atoms with Crippen molar-refractivity contribution >= 4 is 11.9 Å². The molecule has 1 rings (SSSR count). The van der Waals surface area contributed by atoms with Crippen LogP contribution in [0, 0.1) is 11.8 Å². The van der Waals surface area contributed by atoms with E-state index >= 15 is 0 Å². The Hall–Kier alpha value is -1.14. The lowest BCUT2D eigenvalue weighted by molar-refractivity contribution is -0.156. The van der Waals surface area contributed by atoms with Crippen molar-refractivity contribution in [3.63, 3.8) is 0 Å². The molecule has 1 aliphatic rings. The van der Waals surface area contributed by atoms with Crippen molar-refractivity contribution in [1.29, 1.82) is 0 Å². The minimum atomic E-state index is -1.26. The molecule has 6 nitrogen and oxygen atoms in total. The smallest absolute Gasteiger partial charge is 0.336 e. The fraction of sp³-hybridized carbons (Fsp3) is 0.882. The lowest BCUT2D eigenvalue weighted by atomic mass is 9.80. The Morgan fingerprint density at radius 1 is 1.26 bits per heavy atom. The van der Waals surface area contributed by atoms with Crippen molar-refractivity contribution in [2.24, 2.45) is 11.8 Å². The minimum Gasteiger partial charge on any atom is -0.464 e. The van der Waals surface area contributed by atoms with Crippen molar-refractivity contribution in [3.05, 3.63) is 0 Å². The van der Waals surface area contributed by atoms with Crippen LogP contribution in [-0.2, 0) is 19.1 Å². The van der Waals surface area contributed by atoms with Gasteiger partial charge in [0.15, 0.2) is 6.10 Å². The molecule has 134 valence electrons. The van der Waals surface area contributed by atoms with Gasteiger partial charge in [-0.05, 0) is 32.1 Å². The largest absolute Gasteiger partial charge is 0.464 e. The van der Waals surface area contributed by atoms with Crippen molar-refractivity contribution in [1.82, 2.24) is 5.32 Å². The molecule has 0 spiro atoms. The van der Waals surface area contributed by atoms with Crippen LogP contribution in [0.4, 0.5) is 0 Å². The third-order valence-corrected chi connectivity index (χ3v) is 4.49. The van der Waals surface area contributed by atoms with E-state index in [2.05, 4.69) is 5.32 Å². The summed E-state index contributed by atoms with van der Waals surface area (Å²) in [4.78, 5) is 23.6. The van der Waals surface area contributed by atoms with Gasteiger partial charge in [0.05, 0.1) is 13.2 Å². The quantitative estimate of drug-likeness (QED) is 0.593. The second-order valence-corrected chi connectivity index (χ2v) is 6.66. The Morgan fingerprint density at radius 2 is 1.91 bits per heavy atom. The second-order valence-electron chi connectivity index (χ2n) is 6.66. The summed E-state index contributed by atoms with van der Waals surface area (Å²) >= 11 is 0. The summed E-state index contributed by atoms with van der Waals surface area (Å²) in [7, 11) is 0. The number of carbonyl (C=O) groups is 2. The molecule has 0 aromatic rings. The highest BCUT2D eigenvalue weighted by molar-refractivity contribution is 5.76. The van der Waals surface area contributed by atoms with E-state index in [-0.39, 0.29) is 31.1 Å². The summed E-state index contributed by atoms with van der Waals surface area (Å²) in [5, 5.41) is 13.1. The van der Waals surface area contributed by atoms with E-state index < -0.39 is 18.1 Å². The van der Waals surface area contributed by atoms with Gasteiger partial charge in [0.1, 0.15) is 6.10 Å². The van der Waals surface area contributed by atoms with Gasteiger partial charge in [0.2, 0.25) is 0 Å². The molecule has 0 bridgehead atoms. The molecule has 0 saturated heterocycles. The Labute approximate surface area is 138 Å². The lowest BCUT2D eigenvalue weighted by Gasteiger charge is -2.31. The SMILES string of the molecule is CCOC(=O)C(O)C(CC1CCC1)NCC(=O)O[C@@H](C)C(C)C. The third-order valence-electron chi connectivity index (χ3n) is 4.49. The number of hydrogen-bond acceptors (Lipinski definition) is 6. The van der Waals surface area contributed by atoms with Gasteiger partial charge in [0, 0.05) is 6.04 Å². The summed E-state index contributed by atoms with van der Waals surface area (Å²) in [6, 6.07) is -0.485. The summed E-state index contributed by atoms with van der Waals surface area (Å²) < 4.78 is 10.2. The lowest BCUT2D eigenvalue weighted by Crippen LogP contribution is -2.48. The van der Waals surface area contributed by atoms with Crippen LogP contribution < -0.4 is 5.32 Å². The second kappa shape index (κ2) is 9.88. The van der Waals surface area contributed by atoms with Crippen LogP contribution in [0.5, 0.6) is 0 Å². The molecule has 0 aliphatic heterocycles. The number of esters is 2. The fourth-order valence-electron chi connectivity index (χ4n) is 2.40. The zero-order valence-electron chi connectivity index (χ0n) is 14.7. The normalized spacial score (nSPS) is 18.9. The average Bonchev–Trinajstić information content (AvgIpc) is 2.44. The van der Waals surface area contributed by atoms with Crippen LogP contribution in [0.1, 0.15) is 53.4 Å². The first kappa shape index (κ1) is 19.9. The highest BCUT2D eigenvalue weighted by atomic mass is 16.5. The molecule has 0 heterocycles. The van der Waals surface area contributed by atoms with Gasteiger partial charge in [-0.1, -0.05) is 33.1 Å². The molecular weight excluding hydrogens is 298 g/mol. The van der Waals surface area contributed by atoms with Gasteiger partial charge >= 0.3 is 11.9 Å². The highest BCUT2D eigenvalue weighted by Crippen LogP contribution is 2.31. The van der Waals surface area contributed by atoms with E-state index in [1.54, 1.807) is 6.92 Å². The van der Waals surface area contributed by atoms with E-state index in [1.165, 1.54) is 6.42 Å². The predicted molar refractivity (Wildman–Crippen MR) is 86.8 cm³/mol. The van der Waals surface area contributed by atoms with Crippen LogP contribution in [0.3, 0.4) is 0 Å². The Balaban J connectivity index is 2.51. The molecule has 2 unspecified atom stereocenters. The van der Waals surface area contributed by atoms with Gasteiger partial charge in [-0.15, -0.1) is 0 Å². The van der Waals surface area contributed by atoms with Crippen molar-refractivity contribution < 1.29 is 24.2 Å². The summed E-state index contributed by atoms with van der Waals surface area (Å²) in [6.07, 6.45) is 2.62. The molecule has 3 atom stereocenters. The summed E-state index contributed by atoms with van der Waals surface area (Å²) in [6.45, 7) is 7.71. The predicted octanol–water partition coefficient (Wildman–Crippen LogP) is 1.65. The molecule has 23 heavy (non-hydrogen) atoms. The number of carbonyl (C=O) groups excluding carboxylic acids is 2. The molecule has 0 aromatic heterocycles. The van der Waals surface area contributed by atoms with Crippen molar-refractivity contribution in [2.45, 2.75) is 71.6 Å². The number of rotatable bonds is 10. The van der Waals surface area contributed by atoms with E-state index in [1.807, 2.05) is 20.8 Å². The Morgan fingerprint density at radius 3 is 2.39 bits per heavy atom. The maximum Gasteiger partial charge on any atom is 0.336 e. The zero-order valence-corrected chi connectivity index (χ0v) is 14.7. The molecule has 1 fully saturated rings. The van der Waals surface area contributed by atoms with E-state index in [9.17, 15) is 14.7 Å². The number of nitrogens with one attached hydrogen (secondary N) is 1. The van der Waals surface area contributed by atoms with E-state index in [4.69, 9.17) is 9.47 Å². The topological polar surface area (TPSA) is 84.9 Å². The van der Waals surface area contributed by atoms with Crippen molar-refractivity contribution in [3.8, 4) is 0 Å². The highest BCUT2D eigenvalue weighted by Gasteiger charge is 2.32. The standard InChI is InChI=1S/C17H31NO5/c1-5-22-17(21)16(20)14(9-13-7-6-8-13)18-10-15(19)23-12(4)11(2)3/h11-14,16,18,20H,5-10H2,1-4H3/t12-,14?,16?/m0/s1. The maximum atomic E-state index is 11.9. The molecule has 6 heteroatoms. The van der Waals surface area contributed by atoms with Gasteiger partial charge in [-0.3, -0.25) is 4.79 Å². The summed E-state index contributed by atoms with van der Waals surface area (Å²) in [5.74, 6) is -0.286. The fourth-order valence-corrected chi connectivity index (χ4v) is 2.40. The number of ether oxygens (including phenoxy) is 2. The zero-order chi connectivity index (χ0) is 17.4. The van der Waals surface area contributed by atoms with Crippen molar-refractivity contribution in [2.75, 3.05) is 13.2 Å². The van der Waals surface area contributed by atoms with Gasteiger partial charge in [-0.2, -0.15) is 0 Å². The first-order valence-electron chi connectivity index (χ1n) is 8.62. The monoisotopic (exact) mass is 329 g/mol. The Bertz CT molecular complexity index is 381. The average molecular weight is 329 g/mol. The molecule has 0 amide bonds. The maximum absolute atomic E-state index is 11.9. The molecule has 1 saturated carbocycles. The number of hydrogen-bond donors (Lipinski definition) is 2. The van der Waals surface area contributed by atoms with Crippen LogP contribution in [0.2, 0.25) is 0 Å². The van der Waals surface area contributed by atoms with Gasteiger partial charge in [-0.25, -0.2) is 4.79 Å². The van der Waals surface area contributed by atoms with Gasteiger partial charge < -0.3 is 19.9 Å². The molecule has 2 N–H and O–H groups in total. The van der Waals surface area contributed by atoms with Crippen LogP contribution in [0.15, 0.2) is 0 Å². The van der Waals surface area contributed by atoms with Crippen LogP contribution >= 0.6 is 0 Å². The van der Waals surface area contributed by atoms with Gasteiger partial charge in [0.25, 0.3) is 0 Å². The molecular formula is C17H31NO5. The third kappa shape index (κ3) is 6.87. The van der Waals surface area contributed by atoms with Crippen LogP contribution in [0.25, 0.3) is 0 Å². The summed E-state index contributed by atoms with van der Waals surface area (Å²) in [5.41, 5.74) is 0. The van der Waals surface area contributed by atoms with E-state index in [0.717, 1.165) is 12.8 Å². The van der Waals surface area contributed by atoms with E-state index in [0.29, 0.717) is 12.3 Å².